The van der Waals surface area contributed by atoms with Crippen molar-refractivity contribution >= 4 is 5.69 Å². The van der Waals surface area contributed by atoms with Gasteiger partial charge in [0.15, 0.2) is 0 Å². The van der Waals surface area contributed by atoms with Gasteiger partial charge < -0.3 is 10.8 Å². The van der Waals surface area contributed by atoms with Crippen LogP contribution in [0.3, 0.4) is 0 Å². The van der Waals surface area contributed by atoms with Gasteiger partial charge in [-0.25, -0.2) is 0 Å². The Labute approximate surface area is 84.1 Å². The van der Waals surface area contributed by atoms with Gasteiger partial charge in [-0.05, 0) is 23.6 Å². The minimum Gasteiger partial charge on any atom is -0.398 e. The summed E-state index contributed by atoms with van der Waals surface area (Å²) in [5.74, 6) is 0. The summed E-state index contributed by atoms with van der Waals surface area (Å²) in [5.41, 5.74) is 9.39. The molecule has 0 unspecified atom stereocenters. The normalized spacial score (nSPS) is 15.8. The molecule has 0 spiro atoms. The minimum absolute atomic E-state index is 0.266. The summed E-state index contributed by atoms with van der Waals surface area (Å²) < 4.78 is 0. The Bertz CT molecular complexity index is 325. The molecule has 0 saturated carbocycles. The Morgan fingerprint density at radius 3 is 2.93 bits per heavy atom. The summed E-state index contributed by atoms with van der Waals surface area (Å²) in [5, 5.41) is 8.75. The third-order valence-electron chi connectivity index (χ3n) is 2.72. The third-order valence-corrected chi connectivity index (χ3v) is 2.72. The van der Waals surface area contributed by atoms with Crippen LogP contribution in [0.2, 0.25) is 0 Å². The van der Waals surface area contributed by atoms with Crippen molar-refractivity contribution in [2.24, 2.45) is 0 Å². The Morgan fingerprint density at radius 2 is 2.21 bits per heavy atom. The monoisotopic (exact) mass is 192 g/mol. The lowest BCUT2D eigenvalue weighted by molar-refractivity contribution is 0.227. The van der Waals surface area contributed by atoms with E-state index in [0.29, 0.717) is 0 Å². The SMILES string of the molecule is Nc1cccc2c1CN(CCCO)C2. The zero-order valence-corrected chi connectivity index (χ0v) is 8.24. The van der Waals surface area contributed by atoms with Crippen LogP contribution in [0.5, 0.6) is 0 Å². The first-order valence-electron chi connectivity index (χ1n) is 5.00. The first kappa shape index (κ1) is 9.49. The van der Waals surface area contributed by atoms with Crippen LogP contribution in [-0.4, -0.2) is 23.2 Å². The van der Waals surface area contributed by atoms with Gasteiger partial charge in [0, 0.05) is 31.9 Å². The van der Waals surface area contributed by atoms with Crippen molar-refractivity contribution in [2.45, 2.75) is 19.5 Å². The van der Waals surface area contributed by atoms with Gasteiger partial charge in [-0.15, -0.1) is 0 Å². The minimum atomic E-state index is 0.266. The zero-order valence-electron chi connectivity index (χ0n) is 8.24. The highest BCUT2D eigenvalue weighted by Gasteiger charge is 2.19. The maximum Gasteiger partial charge on any atom is 0.0443 e. The zero-order chi connectivity index (χ0) is 9.97. The molecule has 14 heavy (non-hydrogen) atoms. The summed E-state index contributed by atoms with van der Waals surface area (Å²) in [6.07, 6.45) is 0.841. The van der Waals surface area contributed by atoms with Crippen molar-refractivity contribution in [1.82, 2.24) is 4.90 Å². The molecule has 3 N–H and O–H groups in total. The highest BCUT2D eigenvalue weighted by Crippen LogP contribution is 2.27. The van der Waals surface area contributed by atoms with Gasteiger partial charge in [0.25, 0.3) is 0 Å². The van der Waals surface area contributed by atoms with E-state index in [-0.39, 0.29) is 6.61 Å². The van der Waals surface area contributed by atoms with E-state index < -0.39 is 0 Å². The molecule has 2 rings (SSSR count). The molecular formula is C11H16N2O. The van der Waals surface area contributed by atoms with Gasteiger partial charge in [0.2, 0.25) is 0 Å². The summed E-state index contributed by atoms with van der Waals surface area (Å²) in [6.45, 7) is 3.12. The van der Waals surface area contributed by atoms with E-state index in [4.69, 9.17) is 10.8 Å². The Kier molecular flexibility index (Phi) is 2.70. The van der Waals surface area contributed by atoms with E-state index >= 15 is 0 Å². The highest BCUT2D eigenvalue weighted by molar-refractivity contribution is 5.52. The molecule has 0 saturated heterocycles. The summed E-state index contributed by atoms with van der Waals surface area (Å²) in [7, 11) is 0. The van der Waals surface area contributed by atoms with Crippen molar-refractivity contribution in [3.05, 3.63) is 29.3 Å². The van der Waals surface area contributed by atoms with Crippen LogP contribution in [0.15, 0.2) is 18.2 Å². The van der Waals surface area contributed by atoms with Gasteiger partial charge in [0.1, 0.15) is 0 Å². The Hall–Kier alpha value is -1.06. The molecule has 0 fully saturated rings. The predicted molar refractivity (Wildman–Crippen MR) is 56.7 cm³/mol. The molecule has 0 aromatic heterocycles. The lowest BCUT2D eigenvalue weighted by atomic mass is 10.1. The van der Waals surface area contributed by atoms with E-state index in [9.17, 15) is 0 Å². The van der Waals surface area contributed by atoms with Crippen LogP contribution in [0.25, 0.3) is 0 Å². The molecule has 0 amide bonds. The number of benzene rings is 1. The highest BCUT2D eigenvalue weighted by atomic mass is 16.3. The average molecular weight is 192 g/mol. The lowest BCUT2D eigenvalue weighted by Gasteiger charge is -2.13. The van der Waals surface area contributed by atoms with Gasteiger partial charge in [0.05, 0.1) is 0 Å². The molecule has 0 aliphatic carbocycles. The first-order valence-corrected chi connectivity index (χ1v) is 5.00. The van der Waals surface area contributed by atoms with E-state index in [1.165, 1.54) is 11.1 Å². The number of hydrogen-bond donors (Lipinski definition) is 2. The number of nitrogen functional groups attached to an aromatic ring is 1. The Morgan fingerprint density at radius 1 is 1.36 bits per heavy atom. The van der Waals surface area contributed by atoms with Crippen LogP contribution in [-0.2, 0) is 13.1 Å². The lowest BCUT2D eigenvalue weighted by Crippen LogP contribution is -2.18. The second-order valence-electron chi connectivity index (χ2n) is 3.77. The first-order chi connectivity index (χ1) is 6.81. The maximum absolute atomic E-state index is 8.75. The van der Waals surface area contributed by atoms with Crippen LogP contribution in [0, 0.1) is 0 Å². The number of anilines is 1. The molecule has 0 atom stereocenters. The topological polar surface area (TPSA) is 49.5 Å². The molecule has 1 aromatic rings. The smallest absolute Gasteiger partial charge is 0.0443 e. The second kappa shape index (κ2) is 3.98. The number of nitrogens with two attached hydrogens (primary N) is 1. The Balaban J connectivity index is 2.06. The van der Waals surface area contributed by atoms with Crippen molar-refractivity contribution in [1.29, 1.82) is 0 Å². The molecule has 3 nitrogen and oxygen atoms in total. The quantitative estimate of drug-likeness (QED) is 0.701. The van der Waals surface area contributed by atoms with Crippen LogP contribution in [0.4, 0.5) is 5.69 Å². The molecule has 1 aliphatic heterocycles. The number of nitrogens with zero attached hydrogens (tertiary/aromatic N) is 1. The molecule has 1 aromatic carbocycles. The summed E-state index contributed by atoms with van der Waals surface area (Å²) in [6, 6.07) is 6.09. The molecular weight excluding hydrogens is 176 g/mol. The average Bonchev–Trinajstić information content (AvgIpc) is 2.59. The molecule has 1 aliphatic rings. The summed E-state index contributed by atoms with van der Waals surface area (Å²) in [4.78, 5) is 2.32. The molecule has 1 heterocycles. The van der Waals surface area contributed by atoms with Gasteiger partial charge in [-0.1, -0.05) is 12.1 Å². The largest absolute Gasteiger partial charge is 0.398 e. The van der Waals surface area contributed by atoms with Crippen LogP contribution >= 0.6 is 0 Å². The van der Waals surface area contributed by atoms with Crippen molar-refractivity contribution in [3.8, 4) is 0 Å². The van der Waals surface area contributed by atoms with Gasteiger partial charge in [-0.2, -0.15) is 0 Å². The van der Waals surface area contributed by atoms with Gasteiger partial charge in [-0.3, -0.25) is 4.90 Å². The van der Waals surface area contributed by atoms with Crippen LogP contribution in [0.1, 0.15) is 17.5 Å². The van der Waals surface area contributed by atoms with Crippen molar-refractivity contribution in [2.75, 3.05) is 18.9 Å². The summed E-state index contributed by atoms with van der Waals surface area (Å²) >= 11 is 0. The number of hydrogen-bond acceptors (Lipinski definition) is 3. The van der Waals surface area contributed by atoms with E-state index in [1.54, 1.807) is 0 Å². The fraction of sp³-hybridized carbons (Fsp3) is 0.455. The second-order valence-corrected chi connectivity index (χ2v) is 3.77. The van der Waals surface area contributed by atoms with Crippen molar-refractivity contribution < 1.29 is 5.11 Å². The molecule has 76 valence electrons. The number of aliphatic hydroxyl groups excluding tert-OH is 1. The predicted octanol–water partition coefficient (Wildman–Crippen LogP) is 0.967. The fourth-order valence-corrected chi connectivity index (χ4v) is 1.97. The van der Waals surface area contributed by atoms with Crippen molar-refractivity contribution in [3.63, 3.8) is 0 Å². The number of fused-ring (bicyclic) bond motifs is 1. The fourth-order valence-electron chi connectivity index (χ4n) is 1.97. The number of aliphatic hydroxyl groups is 1. The molecule has 0 radical (unpaired) electrons. The third kappa shape index (κ3) is 1.74. The molecule has 0 bridgehead atoms. The van der Waals surface area contributed by atoms with E-state index in [1.807, 2.05) is 12.1 Å². The maximum atomic E-state index is 8.75. The van der Waals surface area contributed by atoms with E-state index in [2.05, 4.69) is 11.0 Å². The van der Waals surface area contributed by atoms with Gasteiger partial charge >= 0.3 is 0 Å². The standard InChI is InChI=1S/C11H16N2O/c12-11-4-1-3-9-7-13(5-2-6-14)8-10(9)11/h1,3-4,14H,2,5-8,12H2. The van der Waals surface area contributed by atoms with Crippen LogP contribution < -0.4 is 5.73 Å². The number of rotatable bonds is 3. The van der Waals surface area contributed by atoms with E-state index in [0.717, 1.165) is 31.7 Å². The molecule has 3 heteroatoms.